The van der Waals surface area contributed by atoms with Crippen molar-refractivity contribution in [2.75, 3.05) is 27.3 Å². The average Bonchev–Trinajstić information content (AvgIpc) is 3.10. The van der Waals surface area contributed by atoms with Crippen molar-refractivity contribution in [1.82, 2.24) is 9.88 Å². The van der Waals surface area contributed by atoms with E-state index in [9.17, 15) is 9.90 Å². The number of H-pyrrole nitrogens is 1. The van der Waals surface area contributed by atoms with Crippen LogP contribution in [0.4, 0.5) is 0 Å². The SMILES string of the molecule is COC(=O)[C@@H]1[C@@H]2C[C@H]3c4[nH]c5cc(OC)ccc5c4CCN3C[C@@H]2CC[C@@H]1O. The number of methoxy groups -OCH3 is 2. The number of aliphatic hydroxyl groups is 1. The molecule has 28 heavy (non-hydrogen) atoms. The van der Waals surface area contributed by atoms with Crippen molar-refractivity contribution in [1.29, 1.82) is 0 Å². The van der Waals surface area contributed by atoms with Crippen LogP contribution in [0, 0.1) is 17.8 Å². The van der Waals surface area contributed by atoms with Gasteiger partial charge in [0, 0.05) is 35.8 Å². The molecule has 3 aliphatic rings. The van der Waals surface area contributed by atoms with Gasteiger partial charge >= 0.3 is 5.97 Å². The van der Waals surface area contributed by atoms with Gasteiger partial charge in [0.25, 0.3) is 0 Å². The highest BCUT2D eigenvalue weighted by Gasteiger charge is 2.49. The van der Waals surface area contributed by atoms with Crippen molar-refractivity contribution in [3.63, 3.8) is 0 Å². The van der Waals surface area contributed by atoms with Crippen LogP contribution in [0.25, 0.3) is 10.9 Å². The summed E-state index contributed by atoms with van der Waals surface area (Å²) in [5, 5.41) is 11.8. The second kappa shape index (κ2) is 6.78. The molecule has 2 fully saturated rings. The maximum absolute atomic E-state index is 12.4. The number of ether oxygens (including phenoxy) is 2. The number of piperidine rings is 1. The van der Waals surface area contributed by atoms with Crippen LogP contribution in [0.3, 0.4) is 0 Å². The summed E-state index contributed by atoms with van der Waals surface area (Å²) in [6, 6.07) is 6.49. The van der Waals surface area contributed by atoms with Gasteiger partial charge in [-0.1, -0.05) is 0 Å². The maximum atomic E-state index is 12.4. The Morgan fingerprint density at radius 3 is 2.93 bits per heavy atom. The summed E-state index contributed by atoms with van der Waals surface area (Å²) in [6.45, 7) is 2.04. The van der Waals surface area contributed by atoms with E-state index in [0.29, 0.717) is 12.3 Å². The molecule has 2 N–H and O–H groups in total. The number of rotatable bonds is 2. The van der Waals surface area contributed by atoms with Crippen molar-refractivity contribution in [3.05, 3.63) is 29.5 Å². The predicted octanol–water partition coefficient (Wildman–Crippen LogP) is 2.66. The molecule has 6 heteroatoms. The number of carbonyl (C=O) groups is 1. The minimum absolute atomic E-state index is 0.171. The Balaban J connectivity index is 1.52. The van der Waals surface area contributed by atoms with E-state index < -0.39 is 12.0 Å². The molecule has 2 aliphatic heterocycles. The zero-order chi connectivity index (χ0) is 19.4. The van der Waals surface area contributed by atoms with Crippen LogP contribution in [0.2, 0.25) is 0 Å². The summed E-state index contributed by atoms with van der Waals surface area (Å²) >= 11 is 0. The molecule has 5 atom stereocenters. The highest BCUT2D eigenvalue weighted by atomic mass is 16.5. The first kappa shape index (κ1) is 18.0. The molecule has 150 valence electrons. The van der Waals surface area contributed by atoms with Crippen molar-refractivity contribution < 1.29 is 19.4 Å². The zero-order valence-corrected chi connectivity index (χ0v) is 16.5. The molecule has 0 radical (unpaired) electrons. The molecule has 5 rings (SSSR count). The Labute approximate surface area is 164 Å². The normalized spacial score (nSPS) is 32.3. The van der Waals surface area contributed by atoms with Crippen LogP contribution in [0.1, 0.15) is 36.6 Å². The molecular formula is C22H28N2O4. The summed E-state index contributed by atoms with van der Waals surface area (Å²) in [7, 11) is 3.12. The van der Waals surface area contributed by atoms with Gasteiger partial charge in [-0.25, -0.2) is 0 Å². The molecule has 1 aromatic heterocycles. The van der Waals surface area contributed by atoms with E-state index in [2.05, 4.69) is 22.0 Å². The van der Waals surface area contributed by atoms with Crippen LogP contribution < -0.4 is 4.74 Å². The van der Waals surface area contributed by atoms with Crippen LogP contribution in [-0.2, 0) is 16.0 Å². The molecular weight excluding hydrogens is 356 g/mol. The number of hydrogen-bond donors (Lipinski definition) is 2. The van der Waals surface area contributed by atoms with Crippen LogP contribution in [0.15, 0.2) is 18.2 Å². The number of hydrogen-bond acceptors (Lipinski definition) is 5. The first-order chi connectivity index (χ1) is 13.6. The average molecular weight is 384 g/mol. The quantitative estimate of drug-likeness (QED) is 0.779. The Bertz CT molecular complexity index is 907. The topological polar surface area (TPSA) is 74.8 Å². The van der Waals surface area contributed by atoms with Gasteiger partial charge in [-0.05, 0) is 55.2 Å². The summed E-state index contributed by atoms with van der Waals surface area (Å²) in [5.74, 6) is 0.820. The van der Waals surface area contributed by atoms with Gasteiger partial charge in [-0.15, -0.1) is 0 Å². The molecule has 1 saturated carbocycles. The fourth-order valence-corrected chi connectivity index (χ4v) is 5.97. The first-order valence-corrected chi connectivity index (χ1v) is 10.3. The fourth-order valence-electron chi connectivity index (χ4n) is 5.97. The number of carbonyl (C=O) groups excluding carboxylic acids is 1. The lowest BCUT2D eigenvalue weighted by Gasteiger charge is -2.50. The van der Waals surface area contributed by atoms with Gasteiger partial charge in [0.1, 0.15) is 5.75 Å². The third kappa shape index (κ3) is 2.65. The predicted molar refractivity (Wildman–Crippen MR) is 105 cm³/mol. The highest BCUT2D eigenvalue weighted by molar-refractivity contribution is 5.86. The second-order valence-corrected chi connectivity index (χ2v) is 8.54. The van der Waals surface area contributed by atoms with Gasteiger partial charge in [-0.2, -0.15) is 0 Å². The summed E-state index contributed by atoms with van der Waals surface area (Å²) in [5.41, 5.74) is 3.78. The molecule has 1 aromatic carbocycles. The number of nitrogens with zero attached hydrogens (tertiary/aromatic N) is 1. The number of nitrogens with one attached hydrogen (secondary N) is 1. The smallest absolute Gasteiger partial charge is 0.311 e. The molecule has 0 unspecified atom stereocenters. The second-order valence-electron chi connectivity index (χ2n) is 8.54. The molecule has 3 heterocycles. The van der Waals surface area contributed by atoms with E-state index >= 15 is 0 Å². The van der Waals surface area contributed by atoms with E-state index in [1.807, 2.05) is 6.07 Å². The summed E-state index contributed by atoms with van der Waals surface area (Å²) < 4.78 is 10.4. The summed E-state index contributed by atoms with van der Waals surface area (Å²) in [6.07, 6.45) is 3.02. The van der Waals surface area contributed by atoms with Gasteiger partial charge < -0.3 is 19.6 Å². The zero-order valence-electron chi connectivity index (χ0n) is 16.5. The largest absolute Gasteiger partial charge is 0.497 e. The van der Waals surface area contributed by atoms with Crippen molar-refractivity contribution in [2.24, 2.45) is 17.8 Å². The number of aromatic nitrogens is 1. The van der Waals surface area contributed by atoms with Crippen LogP contribution in [0.5, 0.6) is 5.75 Å². The van der Waals surface area contributed by atoms with Gasteiger partial charge in [0.15, 0.2) is 0 Å². The van der Waals surface area contributed by atoms with Gasteiger partial charge in [0.2, 0.25) is 0 Å². The molecule has 0 spiro atoms. The first-order valence-electron chi connectivity index (χ1n) is 10.3. The molecule has 2 aromatic rings. The van der Waals surface area contributed by atoms with Crippen LogP contribution in [-0.4, -0.2) is 54.4 Å². The standard InChI is InChI=1S/C22H28N2O4/c1-27-13-4-5-14-15-7-8-24-11-12-3-6-19(25)20(22(26)28-2)16(12)10-18(24)21(15)23-17(14)9-13/h4-5,9,12,16,18-20,23,25H,3,6-8,10-11H2,1-2H3/t12-,16+,18-,19-,20+/m0/s1. The Morgan fingerprint density at radius 2 is 2.14 bits per heavy atom. The number of fused-ring (bicyclic) bond motifs is 6. The number of aromatic amines is 1. The minimum atomic E-state index is -0.588. The molecule has 1 saturated heterocycles. The molecule has 0 amide bonds. The van der Waals surface area contributed by atoms with E-state index in [4.69, 9.17) is 9.47 Å². The van der Waals surface area contributed by atoms with E-state index in [1.165, 1.54) is 23.8 Å². The molecule has 1 aliphatic carbocycles. The van der Waals surface area contributed by atoms with Crippen molar-refractivity contribution in [2.45, 2.75) is 37.8 Å². The van der Waals surface area contributed by atoms with Crippen molar-refractivity contribution in [3.8, 4) is 5.75 Å². The Morgan fingerprint density at radius 1 is 1.29 bits per heavy atom. The van der Waals surface area contributed by atoms with Crippen molar-refractivity contribution >= 4 is 16.9 Å². The lowest BCUT2D eigenvalue weighted by molar-refractivity contribution is -0.160. The number of benzene rings is 1. The molecule has 0 bridgehead atoms. The lowest BCUT2D eigenvalue weighted by atomic mass is 9.65. The maximum Gasteiger partial charge on any atom is 0.311 e. The fraction of sp³-hybridized carbons (Fsp3) is 0.591. The van der Waals surface area contributed by atoms with E-state index in [1.54, 1.807) is 7.11 Å². The van der Waals surface area contributed by atoms with Crippen LogP contribution >= 0.6 is 0 Å². The highest BCUT2D eigenvalue weighted by Crippen LogP contribution is 2.49. The number of aliphatic hydroxyl groups excluding tert-OH is 1. The lowest BCUT2D eigenvalue weighted by Crippen LogP contribution is -2.53. The van der Waals surface area contributed by atoms with E-state index in [-0.39, 0.29) is 17.9 Å². The summed E-state index contributed by atoms with van der Waals surface area (Å²) in [4.78, 5) is 18.7. The Kier molecular flexibility index (Phi) is 4.36. The third-order valence-electron chi connectivity index (χ3n) is 7.32. The van der Waals surface area contributed by atoms with Gasteiger partial charge in [0.05, 0.1) is 32.3 Å². The van der Waals surface area contributed by atoms with Gasteiger partial charge in [-0.3, -0.25) is 9.69 Å². The third-order valence-corrected chi connectivity index (χ3v) is 7.32. The Hall–Kier alpha value is -2.05. The monoisotopic (exact) mass is 384 g/mol. The number of esters is 1. The minimum Gasteiger partial charge on any atom is -0.497 e. The van der Waals surface area contributed by atoms with E-state index in [0.717, 1.165) is 43.6 Å². The molecule has 6 nitrogen and oxygen atoms in total.